The van der Waals surface area contributed by atoms with Crippen molar-refractivity contribution in [3.05, 3.63) is 21.4 Å². The lowest BCUT2D eigenvalue weighted by atomic mass is 9.84. The van der Waals surface area contributed by atoms with Crippen LogP contribution in [0.25, 0.3) is 0 Å². The molecule has 0 aromatic carbocycles. The van der Waals surface area contributed by atoms with E-state index in [1.165, 1.54) is 47.7 Å². The van der Waals surface area contributed by atoms with Gasteiger partial charge in [-0.1, -0.05) is 0 Å². The maximum atomic E-state index is 11.3. The second kappa shape index (κ2) is 9.22. The van der Waals surface area contributed by atoms with Crippen LogP contribution in [0.3, 0.4) is 0 Å². The van der Waals surface area contributed by atoms with Crippen LogP contribution in [-0.4, -0.2) is 55.3 Å². The minimum atomic E-state index is -0.813. The molecule has 2 saturated heterocycles. The van der Waals surface area contributed by atoms with Crippen molar-refractivity contribution in [1.29, 1.82) is 0 Å². The Kier molecular flexibility index (Phi) is 7.77. The third-order valence-electron chi connectivity index (χ3n) is 5.76. The first-order valence-corrected chi connectivity index (χ1v) is 9.91. The molecule has 3 aliphatic heterocycles. The molecule has 1 aromatic heterocycles. The van der Waals surface area contributed by atoms with Crippen molar-refractivity contribution in [2.45, 2.75) is 37.7 Å². The molecule has 0 saturated carbocycles. The number of ether oxygens (including phenoxy) is 1. The normalized spacial score (nSPS) is 25.0. The van der Waals surface area contributed by atoms with Gasteiger partial charge in [-0.2, -0.15) is 0 Å². The molecule has 148 valence electrons. The highest BCUT2D eigenvalue weighted by atomic mass is 35.5. The zero-order valence-corrected chi connectivity index (χ0v) is 17.3. The van der Waals surface area contributed by atoms with E-state index in [4.69, 9.17) is 4.74 Å². The Morgan fingerprint density at radius 1 is 1.38 bits per heavy atom. The van der Waals surface area contributed by atoms with Crippen molar-refractivity contribution in [2.75, 3.05) is 39.3 Å². The molecule has 2 fully saturated rings. The molecule has 1 spiro atoms. The summed E-state index contributed by atoms with van der Waals surface area (Å²) in [6, 6.07) is 1.87. The molecule has 3 aliphatic rings. The van der Waals surface area contributed by atoms with E-state index >= 15 is 0 Å². The fraction of sp³-hybridized carbons (Fsp3) is 0.722. The molecule has 8 heteroatoms. The van der Waals surface area contributed by atoms with Crippen molar-refractivity contribution < 1.29 is 14.6 Å². The number of nitrogens with zero attached hydrogens (tertiary/aromatic N) is 1. The van der Waals surface area contributed by atoms with Crippen molar-refractivity contribution in [3.8, 4) is 0 Å². The fourth-order valence-corrected chi connectivity index (χ4v) is 5.69. The van der Waals surface area contributed by atoms with Crippen LogP contribution in [0.4, 0.5) is 0 Å². The van der Waals surface area contributed by atoms with Crippen LogP contribution in [0.5, 0.6) is 0 Å². The molecule has 26 heavy (non-hydrogen) atoms. The molecule has 0 bridgehead atoms. The number of carboxylic acid groups (broad SMARTS) is 1. The van der Waals surface area contributed by atoms with Gasteiger partial charge in [0.05, 0.1) is 6.61 Å². The molecular formula is C18H28Cl2N2O3S. The van der Waals surface area contributed by atoms with Gasteiger partial charge in [-0.05, 0) is 62.7 Å². The molecular weight excluding hydrogens is 395 g/mol. The Labute approximate surface area is 171 Å². The van der Waals surface area contributed by atoms with Crippen LogP contribution in [0.1, 0.15) is 45.8 Å². The molecule has 2 N–H and O–H groups in total. The van der Waals surface area contributed by atoms with Gasteiger partial charge in [0.2, 0.25) is 0 Å². The first-order valence-electron chi connectivity index (χ1n) is 9.10. The summed E-state index contributed by atoms with van der Waals surface area (Å²) in [6.07, 6.45) is 5.45. The summed E-state index contributed by atoms with van der Waals surface area (Å²) in [4.78, 5) is 15.5. The van der Waals surface area contributed by atoms with Crippen molar-refractivity contribution in [1.82, 2.24) is 10.2 Å². The van der Waals surface area contributed by atoms with Gasteiger partial charge < -0.3 is 20.1 Å². The summed E-state index contributed by atoms with van der Waals surface area (Å²) in [6.45, 7) is 6.32. The molecule has 1 aromatic rings. The van der Waals surface area contributed by atoms with Crippen LogP contribution in [0.15, 0.2) is 6.07 Å². The smallest absolute Gasteiger partial charge is 0.345 e. The van der Waals surface area contributed by atoms with Crippen LogP contribution < -0.4 is 5.32 Å². The lowest BCUT2D eigenvalue weighted by Gasteiger charge is -2.44. The summed E-state index contributed by atoms with van der Waals surface area (Å²) < 4.78 is 6.24. The Balaban J connectivity index is 0.00000121. The minimum Gasteiger partial charge on any atom is -0.477 e. The van der Waals surface area contributed by atoms with Crippen molar-refractivity contribution in [2.24, 2.45) is 5.92 Å². The largest absolute Gasteiger partial charge is 0.477 e. The number of nitrogens with one attached hydrogen (secondary N) is 1. The summed E-state index contributed by atoms with van der Waals surface area (Å²) in [5.41, 5.74) is 0.973. The highest BCUT2D eigenvalue weighted by Crippen LogP contribution is 2.45. The quantitative estimate of drug-likeness (QED) is 0.782. The van der Waals surface area contributed by atoms with Gasteiger partial charge in [0, 0.05) is 24.5 Å². The number of piperidine rings is 2. The molecule has 1 unspecified atom stereocenters. The number of halogens is 2. The number of rotatable bonds is 3. The van der Waals surface area contributed by atoms with Gasteiger partial charge in [-0.3, -0.25) is 0 Å². The van der Waals surface area contributed by atoms with Gasteiger partial charge in [0.25, 0.3) is 0 Å². The Morgan fingerprint density at radius 2 is 2.15 bits per heavy atom. The maximum Gasteiger partial charge on any atom is 0.345 e. The highest BCUT2D eigenvalue weighted by molar-refractivity contribution is 7.14. The van der Waals surface area contributed by atoms with Gasteiger partial charge in [-0.15, -0.1) is 36.2 Å². The van der Waals surface area contributed by atoms with Crippen LogP contribution >= 0.6 is 36.2 Å². The molecule has 1 atom stereocenters. The number of carboxylic acids is 1. The maximum absolute atomic E-state index is 11.3. The first kappa shape index (κ1) is 21.9. The number of thiophene rings is 1. The number of hydrogen-bond donors (Lipinski definition) is 2. The topological polar surface area (TPSA) is 61.8 Å². The van der Waals surface area contributed by atoms with E-state index < -0.39 is 5.97 Å². The Hall–Kier alpha value is -0.370. The standard InChI is InChI=1S/C18H26N2O3S.2ClH/c21-17(22)15-10-14-3-9-23-18(16(14)24-15)4-7-20(8-5-18)12-13-2-1-6-19-11-13;;/h10,13,19H,1-9,11-12H2,(H,21,22);2*1H. The average molecular weight is 423 g/mol. The minimum absolute atomic E-state index is 0. The van der Waals surface area contributed by atoms with Gasteiger partial charge in [0.1, 0.15) is 10.5 Å². The Morgan fingerprint density at radius 3 is 2.81 bits per heavy atom. The van der Waals surface area contributed by atoms with Crippen LogP contribution in [-0.2, 0) is 16.8 Å². The SMILES string of the molecule is Cl.Cl.O=C(O)c1cc2c(s1)C1(CCN(CC3CCCNC3)CC1)OCC2. The van der Waals surface area contributed by atoms with E-state index in [-0.39, 0.29) is 30.4 Å². The van der Waals surface area contributed by atoms with Crippen LogP contribution in [0, 0.1) is 5.92 Å². The highest BCUT2D eigenvalue weighted by Gasteiger charge is 2.43. The first-order chi connectivity index (χ1) is 11.7. The summed E-state index contributed by atoms with van der Waals surface area (Å²) in [7, 11) is 0. The second-order valence-electron chi connectivity index (χ2n) is 7.38. The lowest BCUT2D eigenvalue weighted by molar-refractivity contribution is -0.0965. The molecule has 0 radical (unpaired) electrons. The molecule has 5 nitrogen and oxygen atoms in total. The van der Waals surface area contributed by atoms with E-state index in [1.54, 1.807) is 0 Å². The second-order valence-corrected chi connectivity index (χ2v) is 8.43. The zero-order chi connectivity index (χ0) is 16.6. The van der Waals surface area contributed by atoms with E-state index in [0.717, 1.165) is 51.4 Å². The molecule has 0 amide bonds. The van der Waals surface area contributed by atoms with E-state index in [1.807, 2.05) is 6.07 Å². The van der Waals surface area contributed by atoms with Gasteiger partial charge in [-0.25, -0.2) is 4.79 Å². The lowest BCUT2D eigenvalue weighted by Crippen LogP contribution is -2.48. The number of fused-ring (bicyclic) bond motifs is 2. The summed E-state index contributed by atoms with van der Waals surface area (Å²) >= 11 is 1.43. The monoisotopic (exact) mass is 422 g/mol. The average Bonchev–Trinajstić information content (AvgIpc) is 3.04. The van der Waals surface area contributed by atoms with E-state index in [2.05, 4.69) is 10.2 Å². The van der Waals surface area contributed by atoms with E-state index in [0.29, 0.717) is 4.88 Å². The number of carbonyl (C=O) groups is 1. The molecule has 4 heterocycles. The summed E-state index contributed by atoms with van der Waals surface area (Å²) in [5.74, 6) is -0.0391. The van der Waals surface area contributed by atoms with Gasteiger partial charge >= 0.3 is 5.97 Å². The predicted molar refractivity (Wildman–Crippen MR) is 108 cm³/mol. The third-order valence-corrected chi connectivity index (χ3v) is 7.11. The summed E-state index contributed by atoms with van der Waals surface area (Å²) in [5, 5.41) is 12.8. The number of likely N-dealkylation sites (tertiary alicyclic amines) is 1. The van der Waals surface area contributed by atoms with Gasteiger partial charge in [0.15, 0.2) is 0 Å². The number of hydrogen-bond acceptors (Lipinski definition) is 5. The third kappa shape index (κ3) is 4.37. The van der Waals surface area contributed by atoms with Crippen LogP contribution in [0.2, 0.25) is 0 Å². The molecule has 4 rings (SSSR count). The zero-order valence-electron chi connectivity index (χ0n) is 14.9. The predicted octanol–water partition coefficient (Wildman–Crippen LogP) is 3.15. The van der Waals surface area contributed by atoms with Crippen molar-refractivity contribution in [3.63, 3.8) is 0 Å². The fourth-order valence-electron chi connectivity index (χ4n) is 4.44. The van der Waals surface area contributed by atoms with Crippen molar-refractivity contribution >= 4 is 42.1 Å². The molecule has 0 aliphatic carbocycles. The van der Waals surface area contributed by atoms with E-state index in [9.17, 15) is 9.90 Å². The number of aromatic carboxylic acids is 1. The Bertz CT molecular complexity index is 612.